The molecule has 0 aliphatic carbocycles. The highest BCUT2D eigenvalue weighted by Crippen LogP contribution is 2.32. The predicted molar refractivity (Wildman–Crippen MR) is 54.7 cm³/mol. The molecule has 2 amide bonds. The van der Waals surface area contributed by atoms with Crippen molar-refractivity contribution in [3.05, 3.63) is 23.8 Å². The van der Waals surface area contributed by atoms with Gasteiger partial charge in [0.15, 0.2) is 0 Å². The molecule has 1 aromatic rings. The molecule has 1 aliphatic rings. The first-order chi connectivity index (χ1) is 7.22. The van der Waals surface area contributed by atoms with E-state index in [4.69, 9.17) is 0 Å². The van der Waals surface area contributed by atoms with E-state index < -0.39 is 0 Å². The second-order valence-electron chi connectivity index (χ2n) is 3.30. The van der Waals surface area contributed by atoms with Crippen LogP contribution in [0.2, 0.25) is 0 Å². The van der Waals surface area contributed by atoms with Gasteiger partial charge in [-0.15, -0.1) is 0 Å². The van der Waals surface area contributed by atoms with Gasteiger partial charge in [-0.1, -0.05) is 12.1 Å². The Kier molecular flexibility index (Phi) is 2.23. The van der Waals surface area contributed by atoms with Crippen LogP contribution in [-0.2, 0) is 11.3 Å². The molecule has 0 fully saturated rings. The van der Waals surface area contributed by atoms with Crippen LogP contribution in [0.3, 0.4) is 0 Å². The van der Waals surface area contributed by atoms with E-state index in [0.29, 0.717) is 17.9 Å². The zero-order valence-corrected chi connectivity index (χ0v) is 8.15. The molecule has 1 aromatic carbocycles. The number of benzene rings is 1. The van der Waals surface area contributed by atoms with Crippen molar-refractivity contribution in [2.45, 2.75) is 6.54 Å². The summed E-state index contributed by atoms with van der Waals surface area (Å²) in [6, 6.07) is 5.14. The van der Waals surface area contributed by atoms with Crippen LogP contribution < -0.4 is 5.32 Å². The number of hydrogen-bond acceptors (Lipinski definition) is 3. The van der Waals surface area contributed by atoms with Crippen LogP contribution in [0.25, 0.3) is 0 Å². The van der Waals surface area contributed by atoms with Crippen LogP contribution in [0.15, 0.2) is 23.2 Å². The Morgan fingerprint density at radius 2 is 2.33 bits per heavy atom. The molecule has 0 saturated carbocycles. The van der Waals surface area contributed by atoms with Crippen molar-refractivity contribution < 1.29 is 9.59 Å². The van der Waals surface area contributed by atoms with Gasteiger partial charge in [0.05, 0.1) is 5.69 Å². The van der Waals surface area contributed by atoms with Crippen LogP contribution in [0.5, 0.6) is 0 Å². The minimum atomic E-state index is -0.198. The van der Waals surface area contributed by atoms with Gasteiger partial charge in [-0.25, -0.2) is 9.59 Å². The fourth-order valence-electron chi connectivity index (χ4n) is 1.53. The lowest BCUT2D eigenvalue weighted by Crippen LogP contribution is -2.35. The van der Waals surface area contributed by atoms with Crippen LogP contribution >= 0.6 is 0 Å². The van der Waals surface area contributed by atoms with E-state index in [1.165, 1.54) is 6.08 Å². The van der Waals surface area contributed by atoms with Gasteiger partial charge in [0.25, 0.3) is 0 Å². The van der Waals surface area contributed by atoms with Gasteiger partial charge >= 0.3 is 6.03 Å². The summed E-state index contributed by atoms with van der Waals surface area (Å²) in [5.74, 6) is 0. The van der Waals surface area contributed by atoms with E-state index in [0.717, 1.165) is 5.56 Å². The molecular formula is C10H9N3O2. The number of aliphatic imine (C=N–C) groups is 1. The third-order valence-corrected chi connectivity index (χ3v) is 2.28. The predicted octanol–water partition coefficient (Wildman–Crippen LogP) is 1.63. The molecule has 5 nitrogen and oxygen atoms in total. The molecule has 1 heterocycles. The molecule has 5 heteroatoms. The number of hydrogen-bond donors (Lipinski definition) is 1. The zero-order chi connectivity index (χ0) is 10.8. The second-order valence-corrected chi connectivity index (χ2v) is 3.30. The Bertz CT molecular complexity index is 464. The van der Waals surface area contributed by atoms with E-state index in [1.807, 2.05) is 6.07 Å². The molecule has 0 spiro atoms. The Hall–Kier alpha value is -2.13. The Morgan fingerprint density at radius 3 is 3.07 bits per heavy atom. The first-order valence-electron chi connectivity index (χ1n) is 4.44. The zero-order valence-electron chi connectivity index (χ0n) is 8.15. The average Bonchev–Trinajstić information content (AvgIpc) is 2.21. The van der Waals surface area contributed by atoms with Gasteiger partial charge in [-0.05, 0) is 11.6 Å². The standard InChI is InChI=1S/C10H9N3O2/c1-13-5-7-3-2-4-8(11-6-14)9(7)12-10(13)15/h2-4H,5H2,1H3,(H,12,15). The summed E-state index contributed by atoms with van der Waals surface area (Å²) in [7, 11) is 1.70. The lowest BCUT2D eigenvalue weighted by atomic mass is 10.1. The van der Waals surface area contributed by atoms with Gasteiger partial charge < -0.3 is 10.2 Å². The van der Waals surface area contributed by atoms with E-state index in [2.05, 4.69) is 10.3 Å². The monoisotopic (exact) mass is 203 g/mol. The Morgan fingerprint density at radius 1 is 1.53 bits per heavy atom. The number of nitrogens with one attached hydrogen (secondary N) is 1. The molecule has 0 bridgehead atoms. The second kappa shape index (κ2) is 3.55. The maximum Gasteiger partial charge on any atom is 0.321 e. The van der Waals surface area contributed by atoms with Crippen molar-refractivity contribution in [1.82, 2.24) is 4.90 Å². The number of urea groups is 1. The van der Waals surface area contributed by atoms with Gasteiger partial charge in [-0.2, -0.15) is 4.99 Å². The van der Waals surface area contributed by atoms with Crippen molar-refractivity contribution in [2.24, 2.45) is 4.99 Å². The summed E-state index contributed by atoms with van der Waals surface area (Å²) in [5.41, 5.74) is 1.99. The summed E-state index contributed by atoms with van der Waals surface area (Å²) in [4.78, 5) is 26.7. The molecule has 76 valence electrons. The van der Waals surface area contributed by atoms with Crippen molar-refractivity contribution in [2.75, 3.05) is 12.4 Å². The van der Waals surface area contributed by atoms with E-state index in [-0.39, 0.29) is 6.03 Å². The van der Waals surface area contributed by atoms with Gasteiger partial charge in [0.2, 0.25) is 6.08 Å². The summed E-state index contributed by atoms with van der Waals surface area (Å²) < 4.78 is 0. The average molecular weight is 203 g/mol. The maximum absolute atomic E-state index is 11.4. The summed E-state index contributed by atoms with van der Waals surface area (Å²) in [5, 5.41) is 2.68. The maximum atomic E-state index is 11.4. The smallest absolute Gasteiger partial charge is 0.321 e. The van der Waals surface area contributed by atoms with Gasteiger partial charge in [0.1, 0.15) is 5.69 Å². The van der Waals surface area contributed by atoms with Crippen molar-refractivity contribution in [3.8, 4) is 0 Å². The number of isocyanates is 1. The van der Waals surface area contributed by atoms with Crippen LogP contribution in [0.1, 0.15) is 5.56 Å². The molecule has 0 unspecified atom stereocenters. The highest BCUT2D eigenvalue weighted by Gasteiger charge is 2.21. The van der Waals surface area contributed by atoms with E-state index in [9.17, 15) is 9.59 Å². The van der Waals surface area contributed by atoms with E-state index >= 15 is 0 Å². The molecule has 1 aliphatic heterocycles. The normalized spacial score (nSPS) is 13.9. The molecule has 0 atom stereocenters. The number of anilines is 1. The number of fused-ring (bicyclic) bond motifs is 1. The first kappa shape index (κ1) is 9.43. The fourth-order valence-corrected chi connectivity index (χ4v) is 1.53. The van der Waals surface area contributed by atoms with Crippen LogP contribution in [0, 0.1) is 0 Å². The van der Waals surface area contributed by atoms with Gasteiger partial charge in [-0.3, -0.25) is 0 Å². The Balaban J connectivity index is 2.52. The molecule has 0 saturated heterocycles. The molecule has 1 N–H and O–H groups in total. The number of carbonyl (C=O) groups excluding carboxylic acids is 2. The highest BCUT2D eigenvalue weighted by atomic mass is 16.2. The van der Waals surface area contributed by atoms with Crippen LogP contribution in [0.4, 0.5) is 16.2 Å². The topological polar surface area (TPSA) is 61.8 Å². The lowest BCUT2D eigenvalue weighted by Gasteiger charge is -2.26. The minimum absolute atomic E-state index is 0.198. The third kappa shape index (κ3) is 1.60. The summed E-state index contributed by atoms with van der Waals surface area (Å²) in [6.07, 6.45) is 1.47. The van der Waals surface area contributed by atoms with Gasteiger partial charge in [0, 0.05) is 13.6 Å². The number of para-hydroxylation sites is 1. The molecular weight excluding hydrogens is 194 g/mol. The van der Waals surface area contributed by atoms with Crippen molar-refractivity contribution >= 4 is 23.5 Å². The molecule has 0 aromatic heterocycles. The fraction of sp³-hybridized carbons (Fsp3) is 0.200. The van der Waals surface area contributed by atoms with E-state index in [1.54, 1.807) is 24.1 Å². The van der Waals surface area contributed by atoms with Crippen LogP contribution in [-0.4, -0.2) is 24.1 Å². The largest absolute Gasteiger partial charge is 0.323 e. The van der Waals surface area contributed by atoms with Crippen molar-refractivity contribution in [1.29, 1.82) is 0 Å². The molecule has 0 radical (unpaired) electrons. The summed E-state index contributed by atoms with van der Waals surface area (Å²) in [6.45, 7) is 0.517. The first-order valence-corrected chi connectivity index (χ1v) is 4.44. The summed E-state index contributed by atoms with van der Waals surface area (Å²) >= 11 is 0. The SMILES string of the molecule is CN1Cc2cccc(N=C=O)c2NC1=O. The number of rotatable bonds is 1. The minimum Gasteiger partial charge on any atom is -0.323 e. The highest BCUT2D eigenvalue weighted by molar-refractivity contribution is 5.95. The lowest BCUT2D eigenvalue weighted by molar-refractivity contribution is 0.218. The third-order valence-electron chi connectivity index (χ3n) is 2.28. The quantitative estimate of drug-likeness (QED) is 0.557. The number of nitrogens with zero attached hydrogens (tertiary/aromatic N) is 2. The number of amides is 2. The molecule has 2 rings (SSSR count). The van der Waals surface area contributed by atoms with Crippen molar-refractivity contribution in [3.63, 3.8) is 0 Å². The number of carbonyl (C=O) groups is 1. The Labute approximate surface area is 86.4 Å². The molecule has 15 heavy (non-hydrogen) atoms.